The van der Waals surface area contributed by atoms with Crippen molar-refractivity contribution in [3.8, 4) is 0 Å². The molecule has 0 aliphatic heterocycles. The molecule has 1 rings (SSSR count). The first-order valence-corrected chi connectivity index (χ1v) is 16.6. The molecule has 2 amide bonds. The monoisotopic (exact) mass is 693 g/mol. The van der Waals surface area contributed by atoms with E-state index in [4.69, 9.17) is 15.6 Å². The van der Waals surface area contributed by atoms with Crippen LogP contribution in [-0.2, 0) is 28.7 Å². The smallest absolute Gasteiger partial charge is 0.326 e. The minimum absolute atomic E-state index is 0.0698. The van der Waals surface area contributed by atoms with Crippen LogP contribution in [0.4, 0.5) is 0 Å². The van der Waals surface area contributed by atoms with Gasteiger partial charge in [0.1, 0.15) is 18.6 Å². The Balaban J connectivity index is 2.79. The number of aliphatic carboxylic acids is 1. The fourth-order valence-corrected chi connectivity index (χ4v) is 4.97. The third-order valence-corrected chi connectivity index (χ3v) is 7.93. The summed E-state index contributed by atoms with van der Waals surface area (Å²) in [6.45, 7) is 14.8. The van der Waals surface area contributed by atoms with Crippen molar-refractivity contribution >= 4 is 42.2 Å². The van der Waals surface area contributed by atoms with Crippen molar-refractivity contribution in [3.63, 3.8) is 0 Å². The number of ether oxygens (including phenoxy) is 1. The second kappa shape index (κ2) is 21.5. The van der Waals surface area contributed by atoms with Crippen molar-refractivity contribution in [2.24, 2.45) is 11.1 Å². The highest BCUT2D eigenvalue weighted by Crippen LogP contribution is 2.40. The van der Waals surface area contributed by atoms with E-state index in [1.165, 1.54) is 0 Å². The topological polar surface area (TPSA) is 165 Å². The average molecular weight is 694 g/mol. The van der Waals surface area contributed by atoms with E-state index < -0.39 is 53.9 Å². The predicted molar refractivity (Wildman–Crippen MR) is 198 cm³/mol. The van der Waals surface area contributed by atoms with E-state index in [1.54, 1.807) is 13.0 Å². The molecule has 5 N–H and O–H groups in total. The second-order valence-electron chi connectivity index (χ2n) is 12.4. The third-order valence-electron chi connectivity index (χ3n) is 7.56. The zero-order valence-electron chi connectivity index (χ0n) is 29.3. The lowest BCUT2D eigenvalue weighted by Gasteiger charge is -2.36. The van der Waals surface area contributed by atoms with Gasteiger partial charge in [-0.25, -0.2) is 0 Å². The van der Waals surface area contributed by atoms with Crippen LogP contribution < -0.4 is 16.4 Å². The van der Waals surface area contributed by atoms with Crippen LogP contribution in [0.3, 0.4) is 0 Å². The van der Waals surface area contributed by atoms with E-state index >= 15 is 0 Å². The van der Waals surface area contributed by atoms with Crippen molar-refractivity contribution in [2.75, 3.05) is 12.3 Å². The lowest BCUT2D eigenvalue weighted by molar-refractivity contribution is -0.155. The molecule has 0 fully saturated rings. The lowest BCUT2D eigenvalue weighted by atomic mass is 9.71. The highest BCUT2D eigenvalue weighted by Gasteiger charge is 2.40. The molecular formula is C38H51N3O7S. The van der Waals surface area contributed by atoms with Gasteiger partial charge in [-0.1, -0.05) is 110 Å². The van der Waals surface area contributed by atoms with Gasteiger partial charge in [-0.3, -0.25) is 24.0 Å². The molecule has 11 heteroatoms. The number of nitrogens with two attached hydrogens (primary N) is 1. The van der Waals surface area contributed by atoms with Crippen LogP contribution in [0.25, 0.3) is 0 Å². The van der Waals surface area contributed by atoms with E-state index in [1.807, 2.05) is 101 Å². The quantitative estimate of drug-likeness (QED) is 0.0744. The molecule has 0 aromatic rings. The molecule has 3 unspecified atom stereocenters. The minimum Gasteiger partial charge on any atom is -0.480 e. The summed E-state index contributed by atoms with van der Waals surface area (Å²) < 4.78 is 5.48. The molecule has 266 valence electrons. The van der Waals surface area contributed by atoms with Crippen LogP contribution in [0.2, 0.25) is 0 Å². The number of carboxylic acids is 1. The Morgan fingerprint density at radius 1 is 1.02 bits per heavy atom. The SMILES string of the molecule is C=C/C=C/C(C)=C/C=C/C=C(C)/C=C/C=C(C)/C=C/C1=C(C)C(=O)C(OC(=O)CNC(=O)C(CS)NC(=O)CCC(N)C(=O)O)CC1(C)C. The molecule has 0 bridgehead atoms. The van der Waals surface area contributed by atoms with Gasteiger partial charge < -0.3 is 26.2 Å². The van der Waals surface area contributed by atoms with Crippen molar-refractivity contribution in [1.82, 2.24) is 10.6 Å². The van der Waals surface area contributed by atoms with E-state index in [0.29, 0.717) is 5.57 Å². The van der Waals surface area contributed by atoms with Crippen molar-refractivity contribution in [3.05, 3.63) is 107 Å². The van der Waals surface area contributed by atoms with Gasteiger partial charge in [-0.2, -0.15) is 12.6 Å². The average Bonchev–Trinajstić information content (AvgIpc) is 3.04. The normalized spacial score (nSPS) is 18.7. The van der Waals surface area contributed by atoms with Gasteiger partial charge in [0, 0.05) is 18.6 Å². The molecule has 10 nitrogen and oxygen atoms in total. The summed E-state index contributed by atoms with van der Waals surface area (Å²) in [7, 11) is 0. The van der Waals surface area contributed by atoms with Gasteiger partial charge in [0.25, 0.3) is 0 Å². The van der Waals surface area contributed by atoms with E-state index in [0.717, 1.165) is 22.3 Å². The Bertz CT molecular complexity index is 1490. The van der Waals surface area contributed by atoms with Crippen LogP contribution >= 0.6 is 12.6 Å². The first kappa shape index (κ1) is 42.5. The first-order valence-electron chi connectivity index (χ1n) is 16.0. The molecule has 3 atom stereocenters. The van der Waals surface area contributed by atoms with Crippen molar-refractivity contribution in [2.45, 2.75) is 79.0 Å². The van der Waals surface area contributed by atoms with E-state index in [-0.39, 0.29) is 30.8 Å². The number of hydrogen-bond donors (Lipinski definition) is 5. The summed E-state index contributed by atoms with van der Waals surface area (Å²) in [6, 6.07) is -2.28. The molecule has 0 aromatic carbocycles. The number of nitrogens with one attached hydrogen (secondary N) is 2. The fourth-order valence-electron chi connectivity index (χ4n) is 4.71. The van der Waals surface area contributed by atoms with Gasteiger partial charge >= 0.3 is 11.9 Å². The van der Waals surface area contributed by atoms with Gasteiger partial charge in [0.15, 0.2) is 11.9 Å². The molecule has 0 aromatic heterocycles. The summed E-state index contributed by atoms with van der Waals surface area (Å²) in [5.41, 5.74) is 9.45. The summed E-state index contributed by atoms with van der Waals surface area (Å²) in [5.74, 6) is -3.68. The number of thiol groups is 1. The van der Waals surface area contributed by atoms with E-state index in [9.17, 15) is 24.0 Å². The molecular weight excluding hydrogens is 642 g/mol. The molecule has 0 radical (unpaired) electrons. The number of amides is 2. The molecule has 0 heterocycles. The summed E-state index contributed by atoms with van der Waals surface area (Å²) >= 11 is 4.07. The molecule has 0 saturated carbocycles. The second-order valence-corrected chi connectivity index (χ2v) is 12.7. The van der Waals surface area contributed by atoms with E-state index in [2.05, 4.69) is 29.8 Å². The number of Topliss-reactive ketones (excluding diaryl/α,β-unsaturated/α-hetero) is 1. The van der Waals surface area contributed by atoms with Crippen LogP contribution in [-0.4, -0.2) is 65.1 Å². The number of ketones is 1. The number of rotatable bonds is 18. The van der Waals surface area contributed by atoms with Crippen LogP contribution in [0.5, 0.6) is 0 Å². The highest BCUT2D eigenvalue weighted by molar-refractivity contribution is 7.80. The molecule has 49 heavy (non-hydrogen) atoms. The molecule has 1 aliphatic rings. The Hall–Kier alpha value is -4.48. The Kier molecular flexibility index (Phi) is 18.7. The number of carbonyl (C=O) groups is 5. The van der Waals surface area contributed by atoms with Crippen molar-refractivity contribution < 1.29 is 33.8 Å². The van der Waals surface area contributed by atoms with Gasteiger partial charge in [-0.05, 0) is 50.7 Å². The van der Waals surface area contributed by atoms with Crippen LogP contribution in [0.15, 0.2) is 107 Å². The molecule has 0 spiro atoms. The third kappa shape index (κ3) is 16.0. The Morgan fingerprint density at radius 2 is 1.59 bits per heavy atom. The molecule has 1 aliphatic carbocycles. The van der Waals surface area contributed by atoms with Crippen LogP contribution in [0, 0.1) is 5.41 Å². The summed E-state index contributed by atoms with van der Waals surface area (Å²) in [5, 5.41) is 13.7. The van der Waals surface area contributed by atoms with Crippen LogP contribution in [0.1, 0.15) is 60.8 Å². The first-order chi connectivity index (χ1) is 23.0. The Morgan fingerprint density at radius 3 is 2.16 bits per heavy atom. The maximum atomic E-state index is 13.2. The van der Waals surface area contributed by atoms with Gasteiger partial charge in [0.2, 0.25) is 11.8 Å². The highest BCUT2D eigenvalue weighted by atomic mass is 32.1. The maximum absolute atomic E-state index is 13.2. The number of hydrogen-bond acceptors (Lipinski definition) is 8. The summed E-state index contributed by atoms with van der Waals surface area (Å²) in [4.78, 5) is 61.3. The standard InChI is InChI=1S/C38H51N3O7S/c1-8-9-13-25(2)14-10-11-15-26(3)16-12-17-27(4)18-19-29-28(5)35(44)32(22-38(29,6)7)48-34(43)23-40-36(45)31(24-49)41-33(42)21-20-30(39)37(46)47/h8-19,30-32,49H,1,20-24,39H2,2-7H3,(H,40,45)(H,41,42)(H,46,47)/b11-10+,13-9+,16-12+,19-18+,25-14+,26-15+,27-17+. The zero-order chi connectivity index (χ0) is 37.1. The van der Waals surface area contributed by atoms with Gasteiger partial charge in [0.05, 0.1) is 0 Å². The lowest BCUT2D eigenvalue weighted by Crippen LogP contribution is -2.49. The fraction of sp³-hybridized carbons (Fsp3) is 0.395. The zero-order valence-corrected chi connectivity index (χ0v) is 30.2. The van der Waals surface area contributed by atoms with Gasteiger partial charge in [-0.15, -0.1) is 0 Å². The number of carbonyl (C=O) groups excluding carboxylic acids is 4. The molecule has 0 saturated heterocycles. The predicted octanol–water partition coefficient (Wildman–Crippen LogP) is 5.19. The number of esters is 1. The minimum atomic E-state index is -1.24. The number of carboxylic acid groups (broad SMARTS) is 1. The summed E-state index contributed by atoms with van der Waals surface area (Å²) in [6.07, 6.45) is 22.4. The largest absolute Gasteiger partial charge is 0.480 e. The van der Waals surface area contributed by atoms with Crippen molar-refractivity contribution in [1.29, 1.82) is 0 Å². The Labute approximate surface area is 295 Å². The number of allylic oxidation sites excluding steroid dienone is 16. The maximum Gasteiger partial charge on any atom is 0.326 e.